The zero-order valence-corrected chi connectivity index (χ0v) is 14.5. The van der Waals surface area contributed by atoms with Gasteiger partial charge in [-0.2, -0.15) is 18.4 Å². The van der Waals surface area contributed by atoms with Crippen molar-refractivity contribution in [2.24, 2.45) is 5.10 Å². The fourth-order valence-corrected chi connectivity index (χ4v) is 3.46. The van der Waals surface area contributed by atoms with Crippen molar-refractivity contribution in [1.82, 2.24) is 16.0 Å². The molecule has 6 nitrogen and oxygen atoms in total. The third-order valence-electron chi connectivity index (χ3n) is 4.88. The minimum atomic E-state index is -4.56. The number of nitriles is 1. The molecule has 26 heavy (non-hydrogen) atoms. The normalized spacial score (nSPS) is 18.6. The number of rotatable bonds is 4. The van der Waals surface area contributed by atoms with Crippen LogP contribution in [-0.4, -0.2) is 30.4 Å². The van der Waals surface area contributed by atoms with Crippen molar-refractivity contribution in [1.29, 1.82) is 5.26 Å². The van der Waals surface area contributed by atoms with Gasteiger partial charge < -0.3 is 0 Å². The standard InChI is InChI=1S/C17H21F3N6/c1-25(13-5-3-2-4-6-13)11-16-22-23-24-26(16)14-7-8-15(17(18,19)20)12(9-14)10-21/h7-9,13,23-24H,2-6,11H2,1H3. The summed E-state index contributed by atoms with van der Waals surface area (Å²) >= 11 is 0. The van der Waals surface area contributed by atoms with Crippen molar-refractivity contribution >= 4 is 11.5 Å². The molecule has 0 spiro atoms. The van der Waals surface area contributed by atoms with E-state index in [0.717, 1.165) is 18.9 Å². The molecule has 1 aromatic rings. The van der Waals surface area contributed by atoms with Crippen LogP contribution >= 0.6 is 0 Å². The Balaban J connectivity index is 1.76. The molecule has 1 fully saturated rings. The lowest BCUT2D eigenvalue weighted by molar-refractivity contribution is -0.137. The van der Waals surface area contributed by atoms with Crippen LogP contribution in [0.3, 0.4) is 0 Å². The molecule has 2 aliphatic rings. The van der Waals surface area contributed by atoms with Crippen LogP contribution in [0.1, 0.15) is 43.2 Å². The molecule has 3 rings (SSSR count). The van der Waals surface area contributed by atoms with E-state index in [4.69, 9.17) is 5.26 Å². The zero-order chi connectivity index (χ0) is 18.7. The van der Waals surface area contributed by atoms with Gasteiger partial charge in [-0.25, -0.2) is 10.5 Å². The number of halogens is 3. The van der Waals surface area contributed by atoms with Gasteiger partial charge in [0.25, 0.3) is 0 Å². The van der Waals surface area contributed by atoms with Gasteiger partial charge >= 0.3 is 6.18 Å². The molecule has 0 aromatic heterocycles. The lowest BCUT2D eigenvalue weighted by Gasteiger charge is -2.32. The number of amidine groups is 1. The average molecular weight is 366 g/mol. The van der Waals surface area contributed by atoms with E-state index in [-0.39, 0.29) is 0 Å². The molecule has 140 valence electrons. The highest BCUT2D eigenvalue weighted by Gasteiger charge is 2.34. The maximum atomic E-state index is 13.0. The Morgan fingerprint density at radius 2 is 2.04 bits per heavy atom. The molecule has 0 bridgehead atoms. The van der Waals surface area contributed by atoms with E-state index in [0.29, 0.717) is 24.1 Å². The van der Waals surface area contributed by atoms with Crippen LogP contribution in [-0.2, 0) is 6.18 Å². The molecule has 9 heteroatoms. The van der Waals surface area contributed by atoms with Gasteiger partial charge in [0.05, 0.1) is 29.4 Å². The van der Waals surface area contributed by atoms with Gasteiger partial charge in [0.2, 0.25) is 0 Å². The van der Waals surface area contributed by atoms with Crippen LogP contribution in [0.15, 0.2) is 23.3 Å². The lowest BCUT2D eigenvalue weighted by Crippen LogP contribution is -2.46. The maximum absolute atomic E-state index is 13.0. The van der Waals surface area contributed by atoms with Crippen molar-refractivity contribution in [2.45, 2.75) is 44.3 Å². The van der Waals surface area contributed by atoms with E-state index in [9.17, 15) is 13.2 Å². The van der Waals surface area contributed by atoms with Gasteiger partial charge in [-0.15, -0.1) is 10.6 Å². The molecule has 1 aliphatic heterocycles. The SMILES string of the molecule is CN(CC1=NNNN1c1ccc(C(F)(F)F)c(C#N)c1)C1CCCCC1. The number of likely N-dealkylation sites (N-methyl/N-ethyl adjacent to an activating group) is 1. The highest BCUT2D eigenvalue weighted by atomic mass is 19.4. The molecule has 0 amide bonds. The first-order valence-electron chi connectivity index (χ1n) is 8.59. The molecule has 1 aliphatic carbocycles. The lowest BCUT2D eigenvalue weighted by atomic mass is 9.94. The summed E-state index contributed by atoms with van der Waals surface area (Å²) in [6.45, 7) is 0.549. The highest BCUT2D eigenvalue weighted by Crippen LogP contribution is 2.33. The van der Waals surface area contributed by atoms with E-state index in [1.807, 2.05) is 7.05 Å². The molecule has 0 radical (unpaired) electrons. The molecule has 0 saturated heterocycles. The molecule has 2 N–H and O–H groups in total. The number of nitrogens with one attached hydrogen (secondary N) is 2. The Labute approximate surface area is 150 Å². The topological polar surface area (TPSA) is 66.7 Å². The van der Waals surface area contributed by atoms with Gasteiger partial charge in [0.15, 0.2) is 5.84 Å². The minimum absolute atomic E-state index is 0.413. The third-order valence-corrected chi connectivity index (χ3v) is 4.88. The average Bonchev–Trinajstić information content (AvgIpc) is 3.09. The maximum Gasteiger partial charge on any atom is 0.417 e. The summed E-state index contributed by atoms with van der Waals surface area (Å²) in [6, 6.07) is 5.59. The molecule has 0 atom stereocenters. The second-order valence-corrected chi connectivity index (χ2v) is 6.63. The van der Waals surface area contributed by atoms with Crippen LogP contribution in [0.4, 0.5) is 18.9 Å². The quantitative estimate of drug-likeness (QED) is 0.858. The number of nitrogens with zero attached hydrogens (tertiary/aromatic N) is 4. The Morgan fingerprint density at radius 3 is 2.69 bits per heavy atom. The van der Waals surface area contributed by atoms with Gasteiger partial charge in [-0.3, -0.25) is 4.90 Å². The number of hydrazine groups is 2. The van der Waals surface area contributed by atoms with Crippen molar-refractivity contribution < 1.29 is 13.2 Å². The molecule has 1 heterocycles. The number of hydrazone groups is 1. The fraction of sp³-hybridized carbons (Fsp3) is 0.529. The second-order valence-electron chi connectivity index (χ2n) is 6.63. The Bertz CT molecular complexity index is 718. The van der Waals surface area contributed by atoms with Crippen molar-refractivity contribution in [3.8, 4) is 6.07 Å². The number of anilines is 1. The van der Waals surface area contributed by atoms with Crippen molar-refractivity contribution in [2.75, 3.05) is 18.6 Å². The van der Waals surface area contributed by atoms with E-state index in [2.05, 4.69) is 21.1 Å². The predicted molar refractivity (Wildman–Crippen MR) is 91.8 cm³/mol. The first-order valence-corrected chi connectivity index (χ1v) is 8.59. The monoisotopic (exact) mass is 366 g/mol. The Morgan fingerprint density at radius 1 is 1.31 bits per heavy atom. The van der Waals surface area contributed by atoms with Crippen LogP contribution in [0.5, 0.6) is 0 Å². The first-order chi connectivity index (χ1) is 12.4. The van der Waals surface area contributed by atoms with E-state index in [1.165, 1.54) is 31.4 Å². The number of benzene rings is 1. The fourth-order valence-electron chi connectivity index (χ4n) is 3.46. The number of hydrogen-bond donors (Lipinski definition) is 2. The van der Waals surface area contributed by atoms with Gasteiger partial charge in [-0.05, 0) is 38.1 Å². The van der Waals surface area contributed by atoms with Gasteiger partial charge in [-0.1, -0.05) is 19.3 Å². The van der Waals surface area contributed by atoms with Crippen LogP contribution < -0.4 is 16.1 Å². The summed E-state index contributed by atoms with van der Waals surface area (Å²) in [5.74, 6) is 0.640. The third kappa shape index (κ3) is 3.92. The van der Waals surface area contributed by atoms with Crippen LogP contribution in [0.2, 0.25) is 0 Å². The van der Waals surface area contributed by atoms with Crippen LogP contribution in [0, 0.1) is 11.3 Å². The summed E-state index contributed by atoms with van der Waals surface area (Å²) in [5.41, 5.74) is 4.52. The molecule has 1 aromatic carbocycles. The largest absolute Gasteiger partial charge is 0.417 e. The summed E-state index contributed by atoms with van der Waals surface area (Å²) < 4.78 is 38.9. The summed E-state index contributed by atoms with van der Waals surface area (Å²) in [5, 5.41) is 14.8. The predicted octanol–water partition coefficient (Wildman–Crippen LogP) is 2.98. The molecular weight excluding hydrogens is 345 g/mol. The van der Waals surface area contributed by atoms with E-state index >= 15 is 0 Å². The molecule has 1 saturated carbocycles. The zero-order valence-electron chi connectivity index (χ0n) is 14.5. The number of hydrogen-bond acceptors (Lipinski definition) is 6. The van der Waals surface area contributed by atoms with Gasteiger partial charge in [0.1, 0.15) is 0 Å². The van der Waals surface area contributed by atoms with Crippen molar-refractivity contribution in [3.05, 3.63) is 29.3 Å². The Kier molecular flexibility index (Phi) is 5.34. The highest BCUT2D eigenvalue weighted by molar-refractivity contribution is 5.99. The summed E-state index contributed by atoms with van der Waals surface area (Å²) in [4.78, 5) is 2.22. The van der Waals surface area contributed by atoms with Gasteiger partial charge in [0, 0.05) is 6.04 Å². The van der Waals surface area contributed by atoms with Crippen molar-refractivity contribution in [3.63, 3.8) is 0 Å². The van der Waals surface area contributed by atoms with Crippen LogP contribution in [0.25, 0.3) is 0 Å². The van der Waals surface area contributed by atoms with E-state index < -0.39 is 17.3 Å². The minimum Gasteiger partial charge on any atom is -0.296 e. The van der Waals surface area contributed by atoms with E-state index in [1.54, 1.807) is 11.1 Å². The first kappa shape index (κ1) is 18.5. The smallest absolute Gasteiger partial charge is 0.296 e. The number of alkyl halides is 3. The summed E-state index contributed by atoms with van der Waals surface area (Å²) in [6.07, 6.45) is 1.42. The molecule has 0 unspecified atom stereocenters. The molecular formula is C17H21F3N6. The summed E-state index contributed by atoms with van der Waals surface area (Å²) in [7, 11) is 2.03. The Hall–Kier alpha value is -2.31. The second kappa shape index (κ2) is 7.51.